The van der Waals surface area contributed by atoms with E-state index >= 15 is 0 Å². The second-order valence-electron chi connectivity index (χ2n) is 3.50. The quantitative estimate of drug-likeness (QED) is 0.519. The summed E-state index contributed by atoms with van der Waals surface area (Å²) in [5, 5.41) is 18.3. The second kappa shape index (κ2) is 4.16. The number of aliphatic hydroxyl groups is 2. The van der Waals surface area contributed by atoms with Gasteiger partial charge in [-0.1, -0.05) is 0 Å². The largest absolute Gasteiger partial charge is 0.394 e. The lowest BCUT2D eigenvalue weighted by atomic mass is 10.2. The first-order valence-corrected chi connectivity index (χ1v) is 4.73. The third kappa shape index (κ3) is 1.90. The molecule has 3 N–H and O–H groups in total. The highest BCUT2D eigenvalue weighted by Gasteiger charge is 2.34. The summed E-state index contributed by atoms with van der Waals surface area (Å²) in [7, 11) is 0. The van der Waals surface area contributed by atoms with Crippen LogP contribution in [0.3, 0.4) is 0 Å². The average molecular weight is 229 g/mol. The van der Waals surface area contributed by atoms with Crippen LogP contribution >= 0.6 is 0 Å². The molecule has 1 aromatic rings. The summed E-state index contributed by atoms with van der Waals surface area (Å²) in [6.45, 7) is -0.330. The number of aromatic nitrogens is 3. The Labute approximate surface area is 89.1 Å². The summed E-state index contributed by atoms with van der Waals surface area (Å²) in [4.78, 5) is 27.5. The van der Waals surface area contributed by atoms with Crippen LogP contribution in [0, 0.1) is 0 Å². The van der Waals surface area contributed by atoms with Crippen molar-refractivity contribution in [1.29, 1.82) is 0 Å². The van der Waals surface area contributed by atoms with Gasteiger partial charge < -0.3 is 14.9 Å². The van der Waals surface area contributed by atoms with Crippen LogP contribution in [0.25, 0.3) is 0 Å². The van der Waals surface area contributed by atoms with Gasteiger partial charge in [0.1, 0.15) is 18.7 Å². The summed E-state index contributed by atoms with van der Waals surface area (Å²) in [5.74, 6) is 0. The monoisotopic (exact) mass is 229 g/mol. The minimum atomic E-state index is -0.839. The Kier molecular flexibility index (Phi) is 2.86. The molecule has 0 aliphatic carbocycles. The summed E-state index contributed by atoms with van der Waals surface area (Å²) in [6.07, 6.45) is -1.06. The summed E-state index contributed by atoms with van der Waals surface area (Å²) in [5.41, 5.74) is -1.39. The summed E-state index contributed by atoms with van der Waals surface area (Å²) in [6, 6.07) is 0. The van der Waals surface area contributed by atoms with Crippen LogP contribution < -0.4 is 11.4 Å². The molecule has 2 rings (SSSR count). The van der Waals surface area contributed by atoms with Crippen LogP contribution in [0.1, 0.15) is 12.6 Å². The van der Waals surface area contributed by atoms with Crippen LogP contribution in [0.4, 0.5) is 0 Å². The molecular weight excluding hydrogens is 218 g/mol. The molecule has 0 saturated carbocycles. The molecule has 1 saturated heterocycles. The Morgan fingerprint density at radius 2 is 2.38 bits per heavy atom. The molecule has 2 heterocycles. The van der Waals surface area contributed by atoms with E-state index in [1.165, 1.54) is 0 Å². The van der Waals surface area contributed by atoms with E-state index < -0.39 is 29.8 Å². The Morgan fingerprint density at radius 3 is 2.94 bits per heavy atom. The maximum absolute atomic E-state index is 11.4. The number of aliphatic hydroxyl groups excluding tert-OH is 2. The Bertz CT molecular complexity index is 481. The fourth-order valence-corrected chi connectivity index (χ4v) is 1.61. The van der Waals surface area contributed by atoms with Gasteiger partial charge in [-0.2, -0.15) is 4.98 Å². The molecule has 0 radical (unpaired) electrons. The van der Waals surface area contributed by atoms with E-state index in [1.54, 1.807) is 0 Å². The molecule has 0 bridgehead atoms. The molecule has 8 nitrogen and oxygen atoms in total. The van der Waals surface area contributed by atoms with Gasteiger partial charge >= 0.3 is 11.4 Å². The van der Waals surface area contributed by atoms with Crippen molar-refractivity contribution in [2.45, 2.75) is 24.9 Å². The molecular formula is C8H11N3O5. The topological polar surface area (TPSA) is 117 Å². The third-order valence-electron chi connectivity index (χ3n) is 2.44. The van der Waals surface area contributed by atoms with Gasteiger partial charge in [0.05, 0.1) is 12.7 Å². The maximum atomic E-state index is 11.4. The molecule has 16 heavy (non-hydrogen) atoms. The molecule has 0 amide bonds. The van der Waals surface area contributed by atoms with E-state index in [9.17, 15) is 14.7 Å². The molecule has 1 aliphatic heterocycles. The predicted molar refractivity (Wildman–Crippen MR) is 50.7 cm³/mol. The van der Waals surface area contributed by atoms with E-state index in [1.807, 2.05) is 4.98 Å². The van der Waals surface area contributed by atoms with Gasteiger partial charge in [0, 0.05) is 6.42 Å². The number of nitrogens with one attached hydrogen (secondary N) is 1. The molecule has 0 aromatic carbocycles. The van der Waals surface area contributed by atoms with Crippen LogP contribution in [-0.4, -0.2) is 43.6 Å². The zero-order valence-electron chi connectivity index (χ0n) is 8.24. The van der Waals surface area contributed by atoms with Gasteiger partial charge in [-0.3, -0.25) is 9.55 Å². The molecule has 1 aliphatic rings. The predicted octanol–water partition coefficient (Wildman–Crippen LogP) is -2.43. The lowest BCUT2D eigenvalue weighted by Gasteiger charge is -2.13. The number of hydrogen-bond donors (Lipinski definition) is 3. The highest BCUT2D eigenvalue weighted by atomic mass is 16.5. The minimum Gasteiger partial charge on any atom is -0.394 e. The lowest BCUT2D eigenvalue weighted by molar-refractivity contribution is -0.0463. The van der Waals surface area contributed by atoms with Gasteiger partial charge in [-0.25, -0.2) is 9.59 Å². The normalized spacial score (nSPS) is 29.5. The molecule has 1 unspecified atom stereocenters. The van der Waals surface area contributed by atoms with Gasteiger partial charge in [0.2, 0.25) is 0 Å². The van der Waals surface area contributed by atoms with Crippen LogP contribution in [0.2, 0.25) is 0 Å². The Morgan fingerprint density at radius 1 is 1.62 bits per heavy atom. The van der Waals surface area contributed by atoms with Crippen molar-refractivity contribution in [3.05, 3.63) is 27.3 Å². The number of nitrogens with zero attached hydrogens (tertiary/aromatic N) is 2. The van der Waals surface area contributed by atoms with E-state index in [-0.39, 0.29) is 13.0 Å². The van der Waals surface area contributed by atoms with Gasteiger partial charge in [-0.15, -0.1) is 0 Å². The van der Waals surface area contributed by atoms with E-state index in [2.05, 4.69) is 4.98 Å². The fraction of sp³-hybridized carbons (Fsp3) is 0.625. The van der Waals surface area contributed by atoms with Crippen molar-refractivity contribution < 1.29 is 14.9 Å². The number of ether oxygens (including phenoxy) is 1. The van der Waals surface area contributed by atoms with Gasteiger partial charge in [0.25, 0.3) is 0 Å². The zero-order valence-corrected chi connectivity index (χ0v) is 8.24. The van der Waals surface area contributed by atoms with E-state index in [0.717, 1.165) is 10.9 Å². The average Bonchev–Trinajstić information content (AvgIpc) is 2.59. The number of aromatic amines is 1. The van der Waals surface area contributed by atoms with Crippen LogP contribution in [0.5, 0.6) is 0 Å². The van der Waals surface area contributed by atoms with Crippen molar-refractivity contribution in [2.24, 2.45) is 0 Å². The molecule has 1 fully saturated rings. The van der Waals surface area contributed by atoms with Crippen molar-refractivity contribution in [1.82, 2.24) is 14.5 Å². The molecule has 3 atom stereocenters. The zero-order chi connectivity index (χ0) is 11.7. The van der Waals surface area contributed by atoms with Crippen molar-refractivity contribution in [3.63, 3.8) is 0 Å². The summed E-state index contributed by atoms with van der Waals surface area (Å²) >= 11 is 0. The fourth-order valence-electron chi connectivity index (χ4n) is 1.61. The molecule has 8 heteroatoms. The number of H-pyrrole nitrogens is 1. The highest BCUT2D eigenvalue weighted by molar-refractivity contribution is 4.82. The SMILES string of the molecule is O=c1ncn(C2C[C@H](O)[C@@H](CO)O2)c(=O)[nH]1. The second-order valence-corrected chi connectivity index (χ2v) is 3.50. The highest BCUT2D eigenvalue weighted by Crippen LogP contribution is 2.26. The Hall–Kier alpha value is -1.51. The number of rotatable bonds is 2. The maximum Gasteiger partial charge on any atom is 0.350 e. The van der Waals surface area contributed by atoms with E-state index in [0.29, 0.717) is 0 Å². The van der Waals surface area contributed by atoms with Crippen LogP contribution in [0.15, 0.2) is 15.9 Å². The lowest BCUT2D eigenvalue weighted by Crippen LogP contribution is -2.33. The number of hydrogen-bond acceptors (Lipinski definition) is 6. The molecule has 0 spiro atoms. The van der Waals surface area contributed by atoms with E-state index in [4.69, 9.17) is 9.84 Å². The van der Waals surface area contributed by atoms with Crippen LogP contribution in [-0.2, 0) is 4.74 Å². The van der Waals surface area contributed by atoms with Gasteiger partial charge in [0.15, 0.2) is 0 Å². The standard InChI is InChI=1S/C8H11N3O5/c12-2-5-4(13)1-6(16-5)11-3-9-7(14)10-8(11)15/h3-6,12-13H,1-2H2,(H,10,14,15)/t4-,5+,6?/m0/s1. The Balaban J connectivity index is 2.27. The van der Waals surface area contributed by atoms with Crippen molar-refractivity contribution in [2.75, 3.05) is 6.61 Å². The van der Waals surface area contributed by atoms with Crippen molar-refractivity contribution in [3.8, 4) is 0 Å². The smallest absolute Gasteiger partial charge is 0.350 e. The first kappa shape index (κ1) is 11.0. The first-order chi connectivity index (χ1) is 7.61. The molecule has 88 valence electrons. The molecule has 1 aromatic heterocycles. The first-order valence-electron chi connectivity index (χ1n) is 4.73. The third-order valence-corrected chi connectivity index (χ3v) is 2.44. The minimum absolute atomic E-state index is 0.166. The van der Waals surface area contributed by atoms with Crippen molar-refractivity contribution >= 4 is 0 Å². The summed E-state index contributed by atoms with van der Waals surface area (Å²) < 4.78 is 6.30. The van der Waals surface area contributed by atoms with Gasteiger partial charge in [-0.05, 0) is 0 Å².